The minimum Gasteiger partial charge on any atom is -0.444 e. The van der Waals surface area contributed by atoms with Crippen molar-refractivity contribution in [3.8, 4) is 0 Å². The minimum atomic E-state index is -0.404. The third-order valence-corrected chi connectivity index (χ3v) is 3.06. The van der Waals surface area contributed by atoms with Crippen LogP contribution in [-0.4, -0.2) is 29.7 Å². The van der Waals surface area contributed by atoms with Gasteiger partial charge in [-0.15, -0.1) is 0 Å². The van der Waals surface area contributed by atoms with E-state index in [9.17, 15) is 4.79 Å². The summed E-state index contributed by atoms with van der Waals surface area (Å²) in [6.45, 7) is 14.1. The molecule has 0 radical (unpaired) electrons. The number of carbonyl (C=O) groups is 1. The second-order valence-electron chi connectivity index (χ2n) is 7.16. The summed E-state index contributed by atoms with van der Waals surface area (Å²) in [5, 5.41) is 0. The SMILES string of the molecule is CC1CCN(C(=O)OC(C)(C)C)CC(C)(C)C1. The predicted molar refractivity (Wildman–Crippen MR) is 70.0 cm³/mol. The number of amides is 1. The molecule has 17 heavy (non-hydrogen) atoms. The number of likely N-dealkylation sites (tertiary alicyclic amines) is 1. The molecule has 0 aromatic rings. The lowest BCUT2D eigenvalue weighted by Crippen LogP contribution is -2.41. The fourth-order valence-corrected chi connectivity index (χ4v) is 2.56. The molecule has 1 aliphatic rings. The van der Waals surface area contributed by atoms with Crippen molar-refractivity contribution < 1.29 is 9.53 Å². The molecule has 0 saturated carbocycles. The molecular formula is C14H27NO2. The highest BCUT2D eigenvalue weighted by atomic mass is 16.6. The Morgan fingerprint density at radius 1 is 1.35 bits per heavy atom. The van der Waals surface area contributed by atoms with E-state index in [4.69, 9.17) is 4.74 Å². The Bertz CT molecular complexity index is 278. The van der Waals surface area contributed by atoms with Gasteiger partial charge in [-0.05, 0) is 44.9 Å². The Labute approximate surface area is 106 Å². The molecular weight excluding hydrogens is 214 g/mol. The smallest absolute Gasteiger partial charge is 0.410 e. The highest BCUT2D eigenvalue weighted by Crippen LogP contribution is 2.32. The monoisotopic (exact) mass is 241 g/mol. The van der Waals surface area contributed by atoms with Crippen LogP contribution in [0.15, 0.2) is 0 Å². The van der Waals surface area contributed by atoms with Crippen molar-refractivity contribution in [1.82, 2.24) is 4.90 Å². The van der Waals surface area contributed by atoms with Gasteiger partial charge in [0.2, 0.25) is 0 Å². The van der Waals surface area contributed by atoms with Crippen LogP contribution in [0.1, 0.15) is 54.4 Å². The van der Waals surface area contributed by atoms with Crippen molar-refractivity contribution in [2.75, 3.05) is 13.1 Å². The number of ether oxygens (including phenoxy) is 1. The molecule has 1 saturated heterocycles. The van der Waals surface area contributed by atoms with Crippen LogP contribution >= 0.6 is 0 Å². The van der Waals surface area contributed by atoms with Gasteiger partial charge in [-0.2, -0.15) is 0 Å². The van der Waals surface area contributed by atoms with E-state index in [1.165, 1.54) is 6.42 Å². The summed E-state index contributed by atoms with van der Waals surface area (Å²) >= 11 is 0. The molecule has 1 fully saturated rings. The molecule has 100 valence electrons. The topological polar surface area (TPSA) is 29.5 Å². The van der Waals surface area contributed by atoms with Gasteiger partial charge >= 0.3 is 6.09 Å². The van der Waals surface area contributed by atoms with E-state index in [1.807, 2.05) is 25.7 Å². The Morgan fingerprint density at radius 3 is 2.47 bits per heavy atom. The third-order valence-electron chi connectivity index (χ3n) is 3.06. The minimum absolute atomic E-state index is 0.167. The van der Waals surface area contributed by atoms with Crippen molar-refractivity contribution in [2.45, 2.75) is 60.0 Å². The highest BCUT2D eigenvalue weighted by Gasteiger charge is 2.32. The van der Waals surface area contributed by atoms with Crippen LogP contribution in [0.25, 0.3) is 0 Å². The maximum absolute atomic E-state index is 12.1. The molecule has 0 bridgehead atoms. The summed E-state index contributed by atoms with van der Waals surface area (Å²) in [4.78, 5) is 13.9. The molecule has 1 amide bonds. The number of rotatable bonds is 0. The van der Waals surface area contributed by atoms with Crippen LogP contribution in [0.2, 0.25) is 0 Å². The Balaban J connectivity index is 2.67. The van der Waals surface area contributed by atoms with Crippen molar-refractivity contribution in [2.24, 2.45) is 11.3 Å². The Kier molecular flexibility index (Phi) is 4.11. The van der Waals surface area contributed by atoms with Gasteiger partial charge in [-0.25, -0.2) is 4.79 Å². The highest BCUT2D eigenvalue weighted by molar-refractivity contribution is 5.68. The van der Waals surface area contributed by atoms with Crippen LogP contribution < -0.4 is 0 Å². The van der Waals surface area contributed by atoms with Crippen molar-refractivity contribution in [3.63, 3.8) is 0 Å². The van der Waals surface area contributed by atoms with Gasteiger partial charge in [0.15, 0.2) is 0 Å². The van der Waals surface area contributed by atoms with Gasteiger partial charge in [-0.3, -0.25) is 0 Å². The van der Waals surface area contributed by atoms with Crippen molar-refractivity contribution in [3.05, 3.63) is 0 Å². The second kappa shape index (κ2) is 4.87. The number of hydrogen-bond donors (Lipinski definition) is 0. The fourth-order valence-electron chi connectivity index (χ4n) is 2.56. The summed E-state index contributed by atoms with van der Waals surface area (Å²) in [6, 6.07) is 0. The van der Waals surface area contributed by atoms with E-state index in [-0.39, 0.29) is 11.5 Å². The summed E-state index contributed by atoms with van der Waals surface area (Å²) in [6.07, 6.45) is 2.08. The molecule has 0 aromatic heterocycles. The molecule has 0 aliphatic carbocycles. The first-order valence-electron chi connectivity index (χ1n) is 6.57. The summed E-state index contributed by atoms with van der Waals surface area (Å²) in [5.74, 6) is 0.678. The summed E-state index contributed by atoms with van der Waals surface area (Å²) < 4.78 is 5.45. The predicted octanol–water partition coefficient (Wildman–Crippen LogP) is 3.68. The van der Waals surface area contributed by atoms with Crippen LogP contribution in [-0.2, 0) is 4.74 Å². The quantitative estimate of drug-likeness (QED) is 0.647. The maximum atomic E-state index is 12.1. The van der Waals surface area contributed by atoms with Crippen LogP contribution in [0.5, 0.6) is 0 Å². The van der Waals surface area contributed by atoms with Gasteiger partial charge in [0, 0.05) is 13.1 Å². The van der Waals surface area contributed by atoms with Crippen LogP contribution in [0.3, 0.4) is 0 Å². The van der Waals surface area contributed by atoms with E-state index in [0.29, 0.717) is 5.92 Å². The summed E-state index contributed by atoms with van der Waals surface area (Å²) in [7, 11) is 0. The molecule has 1 aliphatic heterocycles. The first-order chi connectivity index (χ1) is 7.59. The van der Waals surface area contributed by atoms with E-state index in [0.717, 1.165) is 19.5 Å². The molecule has 3 heteroatoms. The molecule has 3 nitrogen and oxygen atoms in total. The molecule has 1 unspecified atom stereocenters. The standard InChI is InChI=1S/C14H27NO2/c1-11-7-8-15(10-14(5,6)9-11)12(16)17-13(2,3)4/h11H,7-10H2,1-6H3. The lowest BCUT2D eigenvalue weighted by Gasteiger charge is -2.31. The molecule has 1 atom stereocenters. The Hall–Kier alpha value is -0.730. The first kappa shape index (κ1) is 14.3. The zero-order chi connectivity index (χ0) is 13.3. The molecule has 0 spiro atoms. The lowest BCUT2D eigenvalue weighted by atomic mass is 9.83. The largest absolute Gasteiger partial charge is 0.444 e. The fraction of sp³-hybridized carbons (Fsp3) is 0.929. The molecule has 1 heterocycles. The third kappa shape index (κ3) is 4.97. The average molecular weight is 241 g/mol. The van der Waals surface area contributed by atoms with Gasteiger partial charge < -0.3 is 9.64 Å². The normalized spacial score (nSPS) is 25.3. The van der Waals surface area contributed by atoms with Crippen LogP contribution in [0, 0.1) is 11.3 Å². The summed E-state index contributed by atoms with van der Waals surface area (Å²) in [5.41, 5.74) is -0.216. The number of hydrogen-bond acceptors (Lipinski definition) is 2. The Morgan fingerprint density at radius 2 is 1.94 bits per heavy atom. The lowest BCUT2D eigenvalue weighted by molar-refractivity contribution is 0.0200. The average Bonchev–Trinajstić information content (AvgIpc) is 2.20. The van der Waals surface area contributed by atoms with E-state index >= 15 is 0 Å². The molecule has 0 aromatic carbocycles. The van der Waals surface area contributed by atoms with Gasteiger partial charge in [0.05, 0.1) is 0 Å². The number of carbonyl (C=O) groups excluding carboxylic acids is 1. The van der Waals surface area contributed by atoms with Crippen LogP contribution in [0.4, 0.5) is 4.79 Å². The van der Waals surface area contributed by atoms with Crippen molar-refractivity contribution >= 4 is 6.09 Å². The van der Waals surface area contributed by atoms with E-state index in [2.05, 4.69) is 20.8 Å². The zero-order valence-electron chi connectivity index (χ0n) is 12.2. The van der Waals surface area contributed by atoms with Crippen molar-refractivity contribution in [1.29, 1.82) is 0 Å². The van der Waals surface area contributed by atoms with E-state index in [1.54, 1.807) is 0 Å². The number of nitrogens with zero attached hydrogens (tertiary/aromatic N) is 1. The van der Waals surface area contributed by atoms with Gasteiger partial charge in [0.1, 0.15) is 5.60 Å². The van der Waals surface area contributed by atoms with E-state index < -0.39 is 5.60 Å². The van der Waals surface area contributed by atoms with Gasteiger partial charge in [-0.1, -0.05) is 20.8 Å². The second-order valence-corrected chi connectivity index (χ2v) is 7.16. The molecule has 0 N–H and O–H groups in total. The maximum Gasteiger partial charge on any atom is 0.410 e. The molecule has 1 rings (SSSR count). The first-order valence-corrected chi connectivity index (χ1v) is 6.57. The zero-order valence-corrected chi connectivity index (χ0v) is 12.2. The van der Waals surface area contributed by atoms with Gasteiger partial charge in [0.25, 0.3) is 0 Å².